The van der Waals surface area contributed by atoms with Gasteiger partial charge in [0.25, 0.3) is 5.91 Å². The Balaban J connectivity index is 1.93. The Morgan fingerprint density at radius 3 is 2.95 bits per heavy atom. The third-order valence-electron chi connectivity index (χ3n) is 3.29. The number of nitrogens with one attached hydrogen (secondary N) is 1. The fraction of sp³-hybridized carbons (Fsp3) is 0.133. The quantitative estimate of drug-likeness (QED) is 0.885. The van der Waals surface area contributed by atoms with E-state index in [-0.39, 0.29) is 17.4 Å². The van der Waals surface area contributed by atoms with E-state index in [4.69, 9.17) is 11.6 Å². The number of hydrogen-bond donors (Lipinski definition) is 1. The fourth-order valence-corrected chi connectivity index (χ4v) is 3.16. The zero-order valence-electron chi connectivity index (χ0n) is 11.1. The van der Waals surface area contributed by atoms with Crippen molar-refractivity contribution >= 4 is 40.2 Å². The molecule has 1 aromatic heterocycles. The molecular formula is C15H11ClN2O2S. The normalized spacial score (nSPS) is 12.8. The highest BCUT2D eigenvalue weighted by Crippen LogP contribution is 2.32. The van der Waals surface area contributed by atoms with Crippen LogP contribution in [0.25, 0.3) is 5.57 Å². The summed E-state index contributed by atoms with van der Waals surface area (Å²) in [6.07, 6.45) is 2.59. The second-order valence-electron chi connectivity index (χ2n) is 4.57. The fourth-order valence-electron chi connectivity index (χ4n) is 2.24. The molecule has 6 heteroatoms. The van der Waals surface area contributed by atoms with Gasteiger partial charge in [-0.1, -0.05) is 23.7 Å². The summed E-state index contributed by atoms with van der Waals surface area (Å²) in [6.45, 7) is 0. The van der Waals surface area contributed by atoms with Crippen molar-refractivity contribution < 1.29 is 9.59 Å². The molecule has 2 aromatic rings. The van der Waals surface area contributed by atoms with Gasteiger partial charge in [0.15, 0.2) is 5.01 Å². The largest absolute Gasteiger partial charge is 0.354 e. The lowest BCUT2D eigenvalue weighted by atomic mass is 10.0. The molecule has 0 radical (unpaired) electrons. The maximum Gasteiger partial charge on any atom is 0.270 e. The zero-order valence-corrected chi connectivity index (χ0v) is 12.7. The van der Waals surface area contributed by atoms with Crippen LogP contribution in [0.2, 0.25) is 5.02 Å². The first-order valence-electron chi connectivity index (χ1n) is 6.31. The molecule has 1 amide bonds. The SMILES string of the molecule is CNC(=O)c1csc(C(=O)C2=CCc3ccc(Cl)cc32)n1. The van der Waals surface area contributed by atoms with E-state index in [0.29, 0.717) is 22.0 Å². The number of benzene rings is 1. The average Bonchev–Trinajstić information content (AvgIpc) is 3.12. The van der Waals surface area contributed by atoms with E-state index in [9.17, 15) is 9.59 Å². The van der Waals surface area contributed by atoms with E-state index >= 15 is 0 Å². The van der Waals surface area contributed by atoms with Crippen molar-refractivity contribution in [3.05, 3.63) is 56.5 Å². The summed E-state index contributed by atoms with van der Waals surface area (Å²) >= 11 is 7.17. The summed E-state index contributed by atoms with van der Waals surface area (Å²) in [5, 5.41) is 4.98. The predicted octanol–water partition coefficient (Wildman–Crippen LogP) is 2.98. The molecule has 1 aliphatic rings. The molecule has 0 spiro atoms. The van der Waals surface area contributed by atoms with Crippen molar-refractivity contribution in [2.75, 3.05) is 7.05 Å². The first kappa shape index (κ1) is 14.0. The van der Waals surface area contributed by atoms with Crippen molar-refractivity contribution in [2.45, 2.75) is 6.42 Å². The van der Waals surface area contributed by atoms with Gasteiger partial charge in [-0.2, -0.15) is 0 Å². The standard InChI is InChI=1S/C15H11ClN2O2S/c1-17-14(20)12-7-21-15(18-12)13(19)10-5-3-8-2-4-9(16)6-11(8)10/h2,4-7H,3H2,1H3,(H,17,20). The average molecular weight is 319 g/mol. The minimum absolute atomic E-state index is 0.170. The molecule has 0 saturated heterocycles. The topological polar surface area (TPSA) is 59.1 Å². The molecule has 0 saturated carbocycles. The van der Waals surface area contributed by atoms with Crippen molar-refractivity contribution in [3.8, 4) is 0 Å². The van der Waals surface area contributed by atoms with Gasteiger partial charge in [-0.05, 0) is 29.7 Å². The summed E-state index contributed by atoms with van der Waals surface area (Å²) in [6, 6.07) is 5.53. The van der Waals surface area contributed by atoms with Crippen LogP contribution in [0.3, 0.4) is 0 Å². The molecule has 0 bridgehead atoms. The molecule has 0 atom stereocenters. The van der Waals surface area contributed by atoms with Crippen LogP contribution in [0.5, 0.6) is 0 Å². The van der Waals surface area contributed by atoms with Gasteiger partial charge in [-0.25, -0.2) is 4.98 Å². The lowest BCUT2D eigenvalue weighted by Gasteiger charge is -2.03. The van der Waals surface area contributed by atoms with Gasteiger partial charge in [0.1, 0.15) is 5.69 Å². The number of allylic oxidation sites excluding steroid dienone is 2. The number of Topliss-reactive ketones (excluding diaryl/α,β-unsaturated/α-hetero) is 1. The number of fused-ring (bicyclic) bond motifs is 1. The monoisotopic (exact) mass is 318 g/mol. The number of ketones is 1. The molecule has 1 heterocycles. The van der Waals surface area contributed by atoms with Crippen LogP contribution in [-0.4, -0.2) is 23.7 Å². The molecule has 21 heavy (non-hydrogen) atoms. The first-order valence-corrected chi connectivity index (χ1v) is 7.57. The van der Waals surface area contributed by atoms with Crippen molar-refractivity contribution in [1.29, 1.82) is 0 Å². The Kier molecular flexibility index (Phi) is 3.61. The molecule has 4 nitrogen and oxygen atoms in total. The van der Waals surface area contributed by atoms with Gasteiger partial charge in [0, 0.05) is 23.0 Å². The number of thiazole rings is 1. The van der Waals surface area contributed by atoms with E-state index in [2.05, 4.69) is 10.3 Å². The maximum atomic E-state index is 12.6. The van der Waals surface area contributed by atoms with Crippen molar-refractivity contribution in [2.24, 2.45) is 0 Å². The minimum atomic E-state index is -0.297. The molecule has 106 valence electrons. The number of nitrogens with zero attached hydrogens (tertiary/aromatic N) is 1. The summed E-state index contributed by atoms with van der Waals surface area (Å²) in [7, 11) is 1.53. The van der Waals surface area contributed by atoms with Crippen LogP contribution >= 0.6 is 22.9 Å². The highest BCUT2D eigenvalue weighted by Gasteiger charge is 2.24. The van der Waals surface area contributed by atoms with Crippen molar-refractivity contribution in [3.63, 3.8) is 0 Å². The van der Waals surface area contributed by atoms with Crippen LogP contribution in [0.4, 0.5) is 0 Å². The summed E-state index contributed by atoms with van der Waals surface area (Å²) in [5.41, 5.74) is 2.79. The Hall–Kier alpha value is -1.98. The van der Waals surface area contributed by atoms with E-state index in [1.165, 1.54) is 18.4 Å². The molecule has 0 aliphatic heterocycles. The van der Waals surface area contributed by atoms with Gasteiger partial charge in [0.05, 0.1) is 0 Å². The minimum Gasteiger partial charge on any atom is -0.354 e. The Bertz CT molecular complexity index is 780. The van der Waals surface area contributed by atoms with E-state index in [0.717, 1.165) is 11.1 Å². The number of aromatic nitrogens is 1. The molecule has 0 fully saturated rings. The zero-order chi connectivity index (χ0) is 15.0. The van der Waals surface area contributed by atoms with E-state index in [1.54, 1.807) is 11.4 Å². The van der Waals surface area contributed by atoms with Gasteiger partial charge in [0.2, 0.25) is 5.78 Å². The number of carbonyl (C=O) groups is 2. The Labute approximate surface area is 130 Å². The third kappa shape index (κ3) is 2.50. The van der Waals surface area contributed by atoms with Crippen LogP contribution < -0.4 is 5.32 Å². The Morgan fingerprint density at radius 1 is 1.38 bits per heavy atom. The summed E-state index contributed by atoms with van der Waals surface area (Å²) < 4.78 is 0. The second kappa shape index (κ2) is 5.42. The third-order valence-corrected chi connectivity index (χ3v) is 4.37. The predicted molar refractivity (Wildman–Crippen MR) is 83.0 cm³/mol. The highest BCUT2D eigenvalue weighted by molar-refractivity contribution is 7.12. The lowest BCUT2D eigenvalue weighted by molar-refractivity contribution is 0.0959. The van der Waals surface area contributed by atoms with Crippen LogP contribution in [0, 0.1) is 0 Å². The number of halogens is 1. The molecule has 3 rings (SSSR count). The molecular weight excluding hydrogens is 308 g/mol. The van der Waals surface area contributed by atoms with Crippen molar-refractivity contribution in [1.82, 2.24) is 10.3 Å². The van der Waals surface area contributed by atoms with Gasteiger partial charge in [-0.3, -0.25) is 9.59 Å². The van der Waals surface area contributed by atoms with Gasteiger partial charge in [-0.15, -0.1) is 11.3 Å². The summed E-state index contributed by atoms with van der Waals surface area (Å²) in [5.74, 6) is -0.467. The molecule has 1 aromatic carbocycles. The molecule has 1 N–H and O–H groups in total. The first-order chi connectivity index (χ1) is 10.1. The maximum absolute atomic E-state index is 12.6. The Morgan fingerprint density at radius 2 is 2.19 bits per heavy atom. The van der Waals surface area contributed by atoms with Gasteiger partial charge < -0.3 is 5.32 Å². The number of carbonyl (C=O) groups excluding carboxylic acids is 2. The van der Waals surface area contributed by atoms with Gasteiger partial charge >= 0.3 is 0 Å². The summed E-state index contributed by atoms with van der Waals surface area (Å²) in [4.78, 5) is 28.2. The highest BCUT2D eigenvalue weighted by atomic mass is 35.5. The smallest absolute Gasteiger partial charge is 0.270 e. The van der Waals surface area contributed by atoms with Crippen LogP contribution in [0.1, 0.15) is 31.4 Å². The van der Waals surface area contributed by atoms with Crippen LogP contribution in [-0.2, 0) is 6.42 Å². The van der Waals surface area contributed by atoms with E-state index < -0.39 is 0 Å². The second-order valence-corrected chi connectivity index (χ2v) is 5.86. The number of rotatable bonds is 3. The molecule has 1 aliphatic carbocycles. The lowest BCUT2D eigenvalue weighted by Crippen LogP contribution is -2.18. The van der Waals surface area contributed by atoms with Crippen LogP contribution in [0.15, 0.2) is 29.7 Å². The molecule has 0 unspecified atom stereocenters. The van der Waals surface area contributed by atoms with E-state index in [1.807, 2.05) is 18.2 Å². The number of amides is 1. The number of hydrogen-bond acceptors (Lipinski definition) is 4.